The number of ether oxygens (including phenoxy) is 1. The van der Waals surface area contributed by atoms with Gasteiger partial charge in [-0.1, -0.05) is 30.3 Å². The SMILES string of the molecule is CC(=O)CC[C@](C)(C(C)=O)C(=O)OCc1ccccc1. The van der Waals surface area contributed by atoms with E-state index in [-0.39, 0.29) is 31.0 Å². The summed E-state index contributed by atoms with van der Waals surface area (Å²) in [5.41, 5.74) is -0.390. The van der Waals surface area contributed by atoms with Gasteiger partial charge in [-0.25, -0.2) is 0 Å². The van der Waals surface area contributed by atoms with Crippen LogP contribution < -0.4 is 0 Å². The minimum absolute atomic E-state index is 0.0478. The number of carbonyl (C=O) groups excluding carboxylic acids is 3. The molecule has 0 saturated heterocycles. The van der Waals surface area contributed by atoms with E-state index in [1.54, 1.807) is 0 Å². The lowest BCUT2D eigenvalue weighted by Gasteiger charge is -2.24. The Bertz CT molecular complexity index is 492. The Morgan fingerprint density at radius 3 is 2.20 bits per heavy atom. The molecule has 1 rings (SSSR count). The molecule has 4 heteroatoms. The number of esters is 1. The van der Waals surface area contributed by atoms with E-state index >= 15 is 0 Å². The van der Waals surface area contributed by atoms with E-state index < -0.39 is 11.4 Å². The second kappa shape index (κ2) is 6.98. The second-order valence-electron chi connectivity index (χ2n) is 5.15. The molecule has 1 aromatic rings. The summed E-state index contributed by atoms with van der Waals surface area (Å²) < 4.78 is 5.22. The summed E-state index contributed by atoms with van der Waals surface area (Å²) in [7, 11) is 0. The van der Waals surface area contributed by atoms with Crippen LogP contribution in [0.4, 0.5) is 0 Å². The molecule has 0 fully saturated rings. The van der Waals surface area contributed by atoms with Crippen molar-refractivity contribution in [3.05, 3.63) is 35.9 Å². The number of rotatable bonds is 7. The second-order valence-corrected chi connectivity index (χ2v) is 5.15. The Hall–Kier alpha value is -1.97. The van der Waals surface area contributed by atoms with Gasteiger partial charge < -0.3 is 9.53 Å². The zero-order chi connectivity index (χ0) is 15.2. The summed E-state index contributed by atoms with van der Waals surface area (Å²) in [6, 6.07) is 9.26. The Kier molecular flexibility index (Phi) is 5.62. The number of carbonyl (C=O) groups is 3. The van der Waals surface area contributed by atoms with Gasteiger partial charge in [-0.05, 0) is 32.8 Å². The molecule has 0 spiro atoms. The van der Waals surface area contributed by atoms with Crippen molar-refractivity contribution in [3.8, 4) is 0 Å². The highest BCUT2D eigenvalue weighted by Crippen LogP contribution is 2.27. The molecule has 0 bridgehead atoms. The molecule has 1 aromatic carbocycles. The molecule has 0 unspecified atom stereocenters. The number of hydrogen-bond donors (Lipinski definition) is 0. The van der Waals surface area contributed by atoms with Gasteiger partial charge in [-0.3, -0.25) is 9.59 Å². The van der Waals surface area contributed by atoms with Crippen molar-refractivity contribution in [1.29, 1.82) is 0 Å². The van der Waals surface area contributed by atoms with Gasteiger partial charge in [0.25, 0.3) is 0 Å². The fourth-order valence-electron chi connectivity index (χ4n) is 1.73. The largest absolute Gasteiger partial charge is 0.460 e. The van der Waals surface area contributed by atoms with Crippen LogP contribution in [-0.4, -0.2) is 17.5 Å². The van der Waals surface area contributed by atoms with Gasteiger partial charge in [0.05, 0.1) is 0 Å². The number of hydrogen-bond acceptors (Lipinski definition) is 4. The molecule has 1 atom stereocenters. The normalized spacial score (nSPS) is 13.3. The van der Waals surface area contributed by atoms with Crippen LogP contribution in [0.1, 0.15) is 39.2 Å². The van der Waals surface area contributed by atoms with Gasteiger partial charge in [-0.2, -0.15) is 0 Å². The summed E-state index contributed by atoms with van der Waals surface area (Å²) >= 11 is 0. The minimum Gasteiger partial charge on any atom is -0.460 e. The zero-order valence-electron chi connectivity index (χ0n) is 12.1. The van der Waals surface area contributed by atoms with E-state index in [4.69, 9.17) is 4.74 Å². The van der Waals surface area contributed by atoms with Crippen LogP contribution in [0.2, 0.25) is 0 Å². The molecule has 0 aromatic heterocycles. The van der Waals surface area contributed by atoms with Gasteiger partial charge in [0.15, 0.2) is 0 Å². The Morgan fingerprint density at radius 2 is 1.70 bits per heavy atom. The van der Waals surface area contributed by atoms with Crippen LogP contribution in [0.25, 0.3) is 0 Å². The third-order valence-corrected chi connectivity index (χ3v) is 3.42. The van der Waals surface area contributed by atoms with Crippen LogP contribution >= 0.6 is 0 Å². The maximum absolute atomic E-state index is 12.1. The topological polar surface area (TPSA) is 60.4 Å². The minimum atomic E-state index is -1.25. The number of Topliss-reactive ketones (excluding diaryl/α,β-unsaturated/α-hetero) is 2. The Balaban J connectivity index is 2.69. The number of benzene rings is 1. The lowest BCUT2D eigenvalue weighted by Crippen LogP contribution is -2.37. The number of ketones is 2. The van der Waals surface area contributed by atoms with Crippen LogP contribution in [0, 0.1) is 5.41 Å². The van der Waals surface area contributed by atoms with Crippen LogP contribution in [0.15, 0.2) is 30.3 Å². The van der Waals surface area contributed by atoms with E-state index in [9.17, 15) is 14.4 Å². The van der Waals surface area contributed by atoms with Gasteiger partial charge in [0, 0.05) is 6.42 Å². The molecule has 4 nitrogen and oxygen atoms in total. The van der Waals surface area contributed by atoms with Gasteiger partial charge in [0.1, 0.15) is 23.6 Å². The average molecular weight is 276 g/mol. The van der Waals surface area contributed by atoms with Crippen molar-refractivity contribution in [2.24, 2.45) is 5.41 Å². The Morgan fingerprint density at radius 1 is 1.10 bits per heavy atom. The highest BCUT2D eigenvalue weighted by atomic mass is 16.5. The van der Waals surface area contributed by atoms with Crippen LogP contribution in [0.5, 0.6) is 0 Å². The van der Waals surface area contributed by atoms with Crippen molar-refractivity contribution < 1.29 is 19.1 Å². The van der Waals surface area contributed by atoms with E-state index in [2.05, 4.69) is 0 Å². The predicted octanol–water partition coefficient (Wildman–Crippen LogP) is 2.69. The third-order valence-electron chi connectivity index (χ3n) is 3.42. The molecule has 20 heavy (non-hydrogen) atoms. The maximum atomic E-state index is 12.1. The maximum Gasteiger partial charge on any atom is 0.319 e. The van der Waals surface area contributed by atoms with Crippen molar-refractivity contribution in [2.45, 2.75) is 40.2 Å². The predicted molar refractivity (Wildman–Crippen MR) is 74.9 cm³/mol. The summed E-state index contributed by atoms with van der Waals surface area (Å²) in [6.45, 7) is 4.45. The molecule has 0 radical (unpaired) electrons. The molecule has 108 valence electrons. The lowest BCUT2D eigenvalue weighted by atomic mass is 9.81. The fourth-order valence-corrected chi connectivity index (χ4v) is 1.73. The first-order valence-corrected chi connectivity index (χ1v) is 6.58. The van der Waals surface area contributed by atoms with Gasteiger partial charge in [0.2, 0.25) is 0 Å². The molecule has 0 saturated carbocycles. The van der Waals surface area contributed by atoms with E-state index in [1.165, 1.54) is 20.8 Å². The average Bonchev–Trinajstić information content (AvgIpc) is 2.42. The monoisotopic (exact) mass is 276 g/mol. The summed E-state index contributed by atoms with van der Waals surface area (Å²) in [4.78, 5) is 34.9. The van der Waals surface area contributed by atoms with E-state index in [0.717, 1.165) is 5.56 Å². The Labute approximate surface area is 119 Å². The standard InChI is InChI=1S/C16H20O4/c1-12(17)9-10-16(3,13(2)18)15(19)20-11-14-7-5-4-6-8-14/h4-8H,9-11H2,1-3H3/t16-/m1/s1. The first-order valence-electron chi connectivity index (χ1n) is 6.58. The molecule has 0 aliphatic heterocycles. The zero-order valence-corrected chi connectivity index (χ0v) is 12.1. The first-order chi connectivity index (χ1) is 9.36. The molecular weight excluding hydrogens is 256 g/mol. The van der Waals surface area contributed by atoms with Crippen molar-refractivity contribution in [3.63, 3.8) is 0 Å². The molecule has 0 amide bonds. The van der Waals surface area contributed by atoms with Crippen molar-refractivity contribution in [1.82, 2.24) is 0 Å². The van der Waals surface area contributed by atoms with Crippen molar-refractivity contribution >= 4 is 17.5 Å². The smallest absolute Gasteiger partial charge is 0.319 e. The summed E-state index contributed by atoms with van der Waals surface area (Å²) in [5.74, 6) is -0.903. The van der Waals surface area contributed by atoms with E-state index in [0.29, 0.717) is 0 Å². The molecule has 0 aliphatic carbocycles. The van der Waals surface area contributed by atoms with Gasteiger partial charge in [-0.15, -0.1) is 0 Å². The summed E-state index contributed by atoms with van der Waals surface area (Å²) in [5, 5.41) is 0. The summed E-state index contributed by atoms with van der Waals surface area (Å²) in [6.07, 6.45) is 0.377. The van der Waals surface area contributed by atoms with E-state index in [1.807, 2.05) is 30.3 Å². The third kappa shape index (κ3) is 4.30. The first kappa shape index (κ1) is 16.1. The molecule has 0 aliphatic rings. The molecular formula is C16H20O4. The highest BCUT2D eigenvalue weighted by Gasteiger charge is 2.39. The van der Waals surface area contributed by atoms with Crippen LogP contribution in [0.3, 0.4) is 0 Å². The lowest BCUT2D eigenvalue weighted by molar-refractivity contribution is -0.160. The van der Waals surface area contributed by atoms with Gasteiger partial charge >= 0.3 is 5.97 Å². The highest BCUT2D eigenvalue weighted by molar-refractivity contribution is 6.02. The van der Waals surface area contributed by atoms with Crippen molar-refractivity contribution in [2.75, 3.05) is 0 Å². The molecule has 0 heterocycles. The fraction of sp³-hybridized carbons (Fsp3) is 0.438. The molecule has 0 N–H and O–H groups in total. The van der Waals surface area contributed by atoms with Crippen LogP contribution in [-0.2, 0) is 25.7 Å². The quantitative estimate of drug-likeness (QED) is 0.567.